The molecule has 1 aromatic heterocycles. The number of benzene rings is 1. The minimum absolute atomic E-state index is 0.0695. The second-order valence-electron chi connectivity index (χ2n) is 9.29. The van der Waals surface area contributed by atoms with Crippen molar-refractivity contribution < 1.29 is 39.2 Å². The standard InChI is InChI=1S/C27H34N4O8/c1-17-8-9-22(33)26(36)21(32)7-5-6-19-14-20(15-23(34)25(19)27(37)39-18(17)2)38-13-4-3-10-28-24(35)16-31-12-11-29-30-31/h5-6,8-9,11-12,14-15,17-18,21,26,32,34,36H,3-4,7,10,13,16H2,1-2H3,(H,28,35)/b6-5+,9-8-/t17-,18+,21+,26+/m1/s1. The molecule has 39 heavy (non-hydrogen) atoms. The average molecular weight is 543 g/mol. The summed E-state index contributed by atoms with van der Waals surface area (Å²) < 4.78 is 12.7. The number of aliphatic hydroxyl groups is 2. The van der Waals surface area contributed by atoms with Crippen LogP contribution < -0.4 is 10.1 Å². The largest absolute Gasteiger partial charge is 0.507 e. The van der Waals surface area contributed by atoms with Crippen LogP contribution in [0.2, 0.25) is 0 Å². The Labute approximate surface area is 225 Å². The number of carbonyl (C=O) groups is 3. The number of esters is 1. The number of carbonyl (C=O) groups excluding carboxylic acids is 3. The molecule has 0 bridgehead atoms. The van der Waals surface area contributed by atoms with E-state index in [0.717, 1.165) is 0 Å². The lowest BCUT2D eigenvalue weighted by molar-refractivity contribution is -0.127. The van der Waals surface area contributed by atoms with E-state index in [1.165, 1.54) is 41.2 Å². The lowest BCUT2D eigenvalue weighted by Crippen LogP contribution is -2.32. The van der Waals surface area contributed by atoms with Crippen molar-refractivity contribution in [1.29, 1.82) is 0 Å². The quantitative estimate of drug-likeness (QED) is 0.282. The van der Waals surface area contributed by atoms with Gasteiger partial charge in [0.05, 0.1) is 18.9 Å². The smallest absolute Gasteiger partial charge is 0.342 e. The normalized spacial score (nSPS) is 23.7. The van der Waals surface area contributed by atoms with Crippen LogP contribution in [0, 0.1) is 5.92 Å². The van der Waals surface area contributed by atoms with Gasteiger partial charge in [-0.25, -0.2) is 9.48 Å². The number of aromatic nitrogens is 3. The number of aromatic hydroxyl groups is 1. The number of phenols is 1. The maximum Gasteiger partial charge on any atom is 0.342 e. The number of ether oxygens (including phenoxy) is 2. The van der Waals surface area contributed by atoms with Crippen LogP contribution in [0.25, 0.3) is 6.08 Å². The molecular weight excluding hydrogens is 508 g/mol. The molecule has 3 rings (SSSR count). The predicted octanol–water partition coefficient (Wildman–Crippen LogP) is 1.40. The summed E-state index contributed by atoms with van der Waals surface area (Å²) >= 11 is 0. The summed E-state index contributed by atoms with van der Waals surface area (Å²) in [6.07, 6.45) is 6.32. The first kappa shape index (κ1) is 29.5. The van der Waals surface area contributed by atoms with Crippen molar-refractivity contribution in [2.45, 2.75) is 58.0 Å². The van der Waals surface area contributed by atoms with Gasteiger partial charge in [0.15, 0.2) is 5.78 Å². The molecule has 2 aromatic rings. The number of rotatable bonds is 8. The van der Waals surface area contributed by atoms with Crippen molar-refractivity contribution >= 4 is 23.7 Å². The van der Waals surface area contributed by atoms with Crippen LogP contribution in [0.15, 0.2) is 42.8 Å². The molecule has 1 amide bonds. The minimum atomic E-state index is -1.60. The number of amides is 1. The molecule has 4 N–H and O–H groups in total. The molecule has 12 heteroatoms. The van der Waals surface area contributed by atoms with Crippen LogP contribution in [0.3, 0.4) is 0 Å². The van der Waals surface area contributed by atoms with Gasteiger partial charge in [0.25, 0.3) is 0 Å². The van der Waals surface area contributed by atoms with E-state index >= 15 is 0 Å². The highest BCUT2D eigenvalue weighted by Crippen LogP contribution is 2.31. The van der Waals surface area contributed by atoms with Crippen molar-refractivity contribution in [2.75, 3.05) is 13.2 Å². The van der Waals surface area contributed by atoms with Crippen LogP contribution in [0.5, 0.6) is 11.5 Å². The van der Waals surface area contributed by atoms with E-state index in [-0.39, 0.29) is 41.7 Å². The highest BCUT2D eigenvalue weighted by atomic mass is 16.5. The highest BCUT2D eigenvalue weighted by molar-refractivity contribution is 5.97. The molecule has 210 valence electrons. The number of nitrogens with one attached hydrogen (secondary N) is 1. The van der Waals surface area contributed by atoms with Gasteiger partial charge < -0.3 is 30.1 Å². The summed E-state index contributed by atoms with van der Waals surface area (Å²) in [5, 5.41) is 41.2. The third kappa shape index (κ3) is 8.76. The molecule has 12 nitrogen and oxygen atoms in total. The summed E-state index contributed by atoms with van der Waals surface area (Å²) in [4.78, 5) is 37.0. The maximum atomic E-state index is 13.0. The number of cyclic esters (lactones) is 1. The molecule has 0 spiro atoms. The van der Waals surface area contributed by atoms with Gasteiger partial charge in [-0.3, -0.25) is 9.59 Å². The fourth-order valence-corrected chi connectivity index (χ4v) is 3.71. The second-order valence-corrected chi connectivity index (χ2v) is 9.29. The van der Waals surface area contributed by atoms with Crippen molar-refractivity contribution in [3.05, 3.63) is 53.9 Å². The Morgan fingerprint density at radius 3 is 2.74 bits per heavy atom. The van der Waals surface area contributed by atoms with Crippen molar-refractivity contribution in [3.63, 3.8) is 0 Å². The average Bonchev–Trinajstić information content (AvgIpc) is 3.40. The molecule has 0 unspecified atom stereocenters. The first-order valence-electron chi connectivity index (χ1n) is 12.7. The fraction of sp³-hybridized carbons (Fsp3) is 0.444. The summed E-state index contributed by atoms with van der Waals surface area (Å²) in [5.74, 6) is -1.99. The number of aliphatic hydroxyl groups excluding tert-OH is 2. The van der Waals surface area contributed by atoms with E-state index in [1.54, 1.807) is 26.1 Å². The second kappa shape index (κ2) is 14.2. The van der Waals surface area contributed by atoms with E-state index < -0.39 is 30.1 Å². The number of hydrogen-bond donors (Lipinski definition) is 4. The van der Waals surface area contributed by atoms with Crippen molar-refractivity contribution in [2.24, 2.45) is 5.92 Å². The zero-order valence-electron chi connectivity index (χ0n) is 21.9. The molecule has 2 heterocycles. The molecule has 4 atom stereocenters. The van der Waals surface area contributed by atoms with Gasteiger partial charge in [0.1, 0.15) is 35.8 Å². The summed E-state index contributed by atoms with van der Waals surface area (Å²) in [6, 6.07) is 2.88. The van der Waals surface area contributed by atoms with Gasteiger partial charge in [-0.1, -0.05) is 30.4 Å². The zero-order chi connectivity index (χ0) is 28.4. The van der Waals surface area contributed by atoms with Crippen LogP contribution in [0.1, 0.15) is 49.0 Å². The Balaban J connectivity index is 1.65. The Kier molecular flexibility index (Phi) is 10.8. The molecule has 0 aliphatic carbocycles. The van der Waals surface area contributed by atoms with Crippen molar-refractivity contribution in [1.82, 2.24) is 20.3 Å². The molecule has 0 radical (unpaired) electrons. The van der Waals surface area contributed by atoms with Gasteiger partial charge in [-0.15, -0.1) is 5.10 Å². The summed E-state index contributed by atoms with van der Waals surface area (Å²) in [7, 11) is 0. The molecule has 0 saturated carbocycles. The van der Waals surface area contributed by atoms with E-state index in [2.05, 4.69) is 15.6 Å². The summed E-state index contributed by atoms with van der Waals surface area (Å²) in [6.45, 7) is 4.20. The van der Waals surface area contributed by atoms with Crippen LogP contribution in [-0.2, 0) is 20.9 Å². The maximum absolute atomic E-state index is 13.0. The topological polar surface area (TPSA) is 173 Å². The highest BCUT2D eigenvalue weighted by Gasteiger charge is 2.25. The summed E-state index contributed by atoms with van der Waals surface area (Å²) in [5.41, 5.74) is 0.218. The Morgan fingerprint density at radius 2 is 2.00 bits per heavy atom. The first-order chi connectivity index (χ1) is 18.7. The van der Waals surface area contributed by atoms with E-state index in [0.29, 0.717) is 31.7 Å². The van der Waals surface area contributed by atoms with Gasteiger partial charge >= 0.3 is 5.97 Å². The Morgan fingerprint density at radius 1 is 1.21 bits per heavy atom. The fourth-order valence-electron chi connectivity index (χ4n) is 3.71. The van der Waals surface area contributed by atoms with E-state index in [1.807, 2.05) is 0 Å². The molecule has 0 fully saturated rings. The number of ketones is 1. The third-order valence-corrected chi connectivity index (χ3v) is 6.19. The van der Waals surface area contributed by atoms with Gasteiger partial charge in [0, 0.05) is 24.7 Å². The van der Waals surface area contributed by atoms with Gasteiger partial charge in [-0.2, -0.15) is 0 Å². The Bertz CT molecular complexity index is 1190. The molecule has 1 aliphatic rings. The number of hydrogen-bond acceptors (Lipinski definition) is 10. The number of nitrogens with zero attached hydrogens (tertiary/aromatic N) is 3. The van der Waals surface area contributed by atoms with E-state index in [9.17, 15) is 29.7 Å². The minimum Gasteiger partial charge on any atom is -0.507 e. The molecule has 0 saturated heterocycles. The van der Waals surface area contributed by atoms with Gasteiger partial charge in [0.2, 0.25) is 5.91 Å². The molecular formula is C27H34N4O8. The van der Waals surface area contributed by atoms with E-state index in [4.69, 9.17) is 9.47 Å². The number of unbranched alkanes of at least 4 members (excludes halogenated alkanes) is 1. The van der Waals surface area contributed by atoms with Crippen LogP contribution in [-0.4, -0.2) is 79.4 Å². The Hall–Kier alpha value is -4.03. The first-order valence-corrected chi connectivity index (χ1v) is 12.7. The van der Waals surface area contributed by atoms with Crippen LogP contribution >= 0.6 is 0 Å². The SMILES string of the molecule is C[C@@H]1/C=C\C(=O)[C@@H](O)[C@@H](O)C/C=C/c2cc(OCCCCNC(=O)Cn3ccnn3)cc(O)c2C(=O)O[C@H]1C. The third-order valence-electron chi connectivity index (χ3n) is 6.19. The number of phenolic OH excluding ortho intramolecular Hbond substituents is 1. The lowest BCUT2D eigenvalue weighted by Gasteiger charge is -2.20. The monoisotopic (exact) mass is 542 g/mol. The lowest BCUT2D eigenvalue weighted by atomic mass is 9.99. The molecule has 1 aromatic carbocycles. The zero-order valence-corrected chi connectivity index (χ0v) is 21.9. The van der Waals surface area contributed by atoms with Crippen LogP contribution in [0.4, 0.5) is 0 Å². The van der Waals surface area contributed by atoms with Crippen molar-refractivity contribution in [3.8, 4) is 11.5 Å². The molecule has 1 aliphatic heterocycles. The van der Waals surface area contributed by atoms with Gasteiger partial charge in [-0.05, 0) is 43.9 Å². The predicted molar refractivity (Wildman–Crippen MR) is 140 cm³/mol. The number of fused-ring (bicyclic) bond motifs is 1.